The molecule has 0 N–H and O–H groups in total. The SMILES string of the molecule is O=Cc1cc2cc3c(cc2nc1Cl)CCC3. The highest BCUT2D eigenvalue weighted by Gasteiger charge is 2.13. The quantitative estimate of drug-likeness (QED) is 0.557. The number of fused-ring (bicyclic) bond motifs is 2. The van der Waals surface area contributed by atoms with E-state index in [1.165, 1.54) is 17.5 Å². The van der Waals surface area contributed by atoms with Crippen LogP contribution < -0.4 is 0 Å². The fraction of sp³-hybridized carbons (Fsp3) is 0.231. The van der Waals surface area contributed by atoms with Crippen molar-refractivity contribution in [2.75, 3.05) is 0 Å². The second kappa shape index (κ2) is 3.56. The first-order valence-electron chi connectivity index (χ1n) is 5.35. The topological polar surface area (TPSA) is 30.0 Å². The molecule has 2 aromatic rings. The minimum Gasteiger partial charge on any atom is -0.298 e. The zero-order chi connectivity index (χ0) is 11.1. The Hall–Kier alpha value is -1.41. The van der Waals surface area contributed by atoms with Crippen LogP contribution in [0.15, 0.2) is 18.2 Å². The van der Waals surface area contributed by atoms with Crippen molar-refractivity contribution in [1.29, 1.82) is 0 Å². The van der Waals surface area contributed by atoms with Crippen LogP contribution in [0.3, 0.4) is 0 Å². The van der Waals surface area contributed by atoms with Gasteiger partial charge in [0.25, 0.3) is 0 Å². The molecule has 1 aliphatic carbocycles. The maximum Gasteiger partial charge on any atom is 0.153 e. The van der Waals surface area contributed by atoms with Gasteiger partial charge in [-0.1, -0.05) is 11.6 Å². The van der Waals surface area contributed by atoms with Crippen LogP contribution in [0.2, 0.25) is 5.15 Å². The van der Waals surface area contributed by atoms with Crippen molar-refractivity contribution >= 4 is 28.8 Å². The van der Waals surface area contributed by atoms with Crippen molar-refractivity contribution in [3.8, 4) is 0 Å². The Morgan fingerprint density at radius 2 is 1.94 bits per heavy atom. The summed E-state index contributed by atoms with van der Waals surface area (Å²) in [5, 5.41) is 1.30. The molecular weight excluding hydrogens is 222 g/mol. The van der Waals surface area contributed by atoms with Gasteiger partial charge in [0.05, 0.1) is 11.1 Å². The van der Waals surface area contributed by atoms with E-state index in [4.69, 9.17) is 11.6 Å². The van der Waals surface area contributed by atoms with E-state index in [0.717, 1.165) is 30.0 Å². The summed E-state index contributed by atoms with van der Waals surface area (Å²) in [6, 6.07) is 6.04. The molecule has 0 spiro atoms. The molecule has 0 radical (unpaired) electrons. The Labute approximate surface area is 98.3 Å². The van der Waals surface area contributed by atoms with Gasteiger partial charge in [0.2, 0.25) is 0 Å². The van der Waals surface area contributed by atoms with E-state index in [1.54, 1.807) is 0 Å². The van der Waals surface area contributed by atoms with Gasteiger partial charge in [-0.2, -0.15) is 0 Å². The van der Waals surface area contributed by atoms with E-state index < -0.39 is 0 Å². The number of carbonyl (C=O) groups is 1. The van der Waals surface area contributed by atoms with Gasteiger partial charge in [0.1, 0.15) is 5.15 Å². The summed E-state index contributed by atoms with van der Waals surface area (Å²) in [6.45, 7) is 0. The molecule has 0 saturated heterocycles. The van der Waals surface area contributed by atoms with Gasteiger partial charge in [0, 0.05) is 5.39 Å². The number of hydrogen-bond acceptors (Lipinski definition) is 2. The smallest absolute Gasteiger partial charge is 0.153 e. The molecule has 2 nitrogen and oxygen atoms in total. The number of halogens is 1. The number of benzene rings is 1. The normalized spacial score (nSPS) is 14.1. The van der Waals surface area contributed by atoms with Crippen LogP contribution in [-0.4, -0.2) is 11.3 Å². The van der Waals surface area contributed by atoms with Crippen molar-refractivity contribution in [1.82, 2.24) is 4.98 Å². The van der Waals surface area contributed by atoms with Crippen molar-refractivity contribution in [3.05, 3.63) is 40.0 Å². The third kappa shape index (κ3) is 1.41. The highest BCUT2D eigenvalue weighted by Crippen LogP contribution is 2.28. The van der Waals surface area contributed by atoms with Gasteiger partial charge in [0.15, 0.2) is 6.29 Å². The van der Waals surface area contributed by atoms with Gasteiger partial charge in [-0.15, -0.1) is 0 Å². The van der Waals surface area contributed by atoms with Gasteiger partial charge < -0.3 is 0 Å². The Morgan fingerprint density at radius 3 is 2.69 bits per heavy atom. The molecule has 3 rings (SSSR count). The lowest BCUT2D eigenvalue weighted by molar-refractivity contribution is 0.112. The summed E-state index contributed by atoms with van der Waals surface area (Å²) in [4.78, 5) is 15.0. The highest BCUT2D eigenvalue weighted by molar-refractivity contribution is 6.32. The zero-order valence-electron chi connectivity index (χ0n) is 8.66. The summed E-state index contributed by atoms with van der Waals surface area (Å²) in [6.07, 6.45) is 4.21. The summed E-state index contributed by atoms with van der Waals surface area (Å²) >= 11 is 5.91. The van der Waals surface area contributed by atoms with Crippen molar-refractivity contribution < 1.29 is 4.79 Å². The van der Waals surface area contributed by atoms with Gasteiger partial charge >= 0.3 is 0 Å². The third-order valence-corrected chi connectivity index (χ3v) is 3.44. The van der Waals surface area contributed by atoms with Crippen molar-refractivity contribution in [2.45, 2.75) is 19.3 Å². The molecule has 1 aliphatic rings. The number of aryl methyl sites for hydroxylation is 2. The first-order chi connectivity index (χ1) is 7.78. The molecule has 0 atom stereocenters. The van der Waals surface area contributed by atoms with Crippen LogP contribution in [-0.2, 0) is 12.8 Å². The number of pyridine rings is 1. The molecule has 0 aliphatic heterocycles. The van der Waals surface area contributed by atoms with E-state index in [2.05, 4.69) is 17.1 Å². The fourth-order valence-electron chi connectivity index (χ4n) is 2.32. The molecule has 1 heterocycles. The predicted molar refractivity (Wildman–Crippen MR) is 64.2 cm³/mol. The average molecular weight is 232 g/mol. The Morgan fingerprint density at radius 1 is 1.19 bits per heavy atom. The summed E-state index contributed by atoms with van der Waals surface area (Å²) in [7, 11) is 0. The van der Waals surface area contributed by atoms with E-state index in [0.29, 0.717) is 10.7 Å². The molecule has 1 aromatic carbocycles. The monoisotopic (exact) mass is 231 g/mol. The summed E-state index contributed by atoms with van der Waals surface area (Å²) in [5.41, 5.74) is 4.10. The number of carbonyl (C=O) groups excluding carboxylic acids is 1. The molecule has 0 amide bonds. The van der Waals surface area contributed by atoms with Crippen molar-refractivity contribution in [3.63, 3.8) is 0 Å². The van der Waals surface area contributed by atoms with Crippen LogP contribution in [0.4, 0.5) is 0 Å². The number of rotatable bonds is 1. The second-order valence-electron chi connectivity index (χ2n) is 4.15. The molecule has 0 bridgehead atoms. The summed E-state index contributed by atoms with van der Waals surface area (Å²) in [5.74, 6) is 0. The second-order valence-corrected chi connectivity index (χ2v) is 4.51. The van der Waals surface area contributed by atoms with Crippen LogP contribution in [0.5, 0.6) is 0 Å². The van der Waals surface area contributed by atoms with Crippen molar-refractivity contribution in [2.24, 2.45) is 0 Å². The minimum absolute atomic E-state index is 0.292. The molecule has 0 saturated carbocycles. The van der Waals surface area contributed by atoms with Crippen LogP contribution >= 0.6 is 11.6 Å². The lowest BCUT2D eigenvalue weighted by Crippen LogP contribution is -1.91. The maximum absolute atomic E-state index is 10.8. The first kappa shape index (κ1) is 9.79. The Bertz CT molecular complexity index is 592. The molecule has 0 fully saturated rings. The van der Waals surface area contributed by atoms with E-state index in [1.807, 2.05) is 6.07 Å². The fourth-order valence-corrected chi connectivity index (χ4v) is 2.51. The van der Waals surface area contributed by atoms with Gasteiger partial charge in [-0.3, -0.25) is 4.79 Å². The molecule has 3 heteroatoms. The third-order valence-electron chi connectivity index (χ3n) is 3.14. The molecule has 80 valence electrons. The molecule has 1 aromatic heterocycles. The molecular formula is C13H10ClNO. The number of nitrogens with zero attached hydrogens (tertiary/aromatic N) is 1. The lowest BCUT2D eigenvalue weighted by Gasteiger charge is -2.04. The van der Waals surface area contributed by atoms with Crippen LogP contribution in [0, 0.1) is 0 Å². The van der Waals surface area contributed by atoms with Crippen LogP contribution in [0.1, 0.15) is 27.9 Å². The zero-order valence-corrected chi connectivity index (χ0v) is 9.42. The standard InChI is InChI=1S/C13H10ClNO/c14-13-11(7-16)5-10-4-8-2-1-3-9(8)6-12(10)15-13/h4-7H,1-3H2. The predicted octanol–water partition coefficient (Wildman–Crippen LogP) is 3.19. The lowest BCUT2D eigenvalue weighted by atomic mass is 10.1. The van der Waals surface area contributed by atoms with Gasteiger partial charge in [-0.25, -0.2) is 4.98 Å². The van der Waals surface area contributed by atoms with E-state index in [9.17, 15) is 4.79 Å². The molecule has 0 unspecified atom stereocenters. The summed E-state index contributed by atoms with van der Waals surface area (Å²) < 4.78 is 0. The van der Waals surface area contributed by atoms with Gasteiger partial charge in [-0.05, 0) is 48.6 Å². The van der Waals surface area contributed by atoms with Crippen LogP contribution in [0.25, 0.3) is 10.9 Å². The highest BCUT2D eigenvalue weighted by atomic mass is 35.5. The number of aromatic nitrogens is 1. The average Bonchev–Trinajstić information content (AvgIpc) is 2.72. The largest absolute Gasteiger partial charge is 0.298 e. The first-order valence-corrected chi connectivity index (χ1v) is 5.73. The maximum atomic E-state index is 10.8. The minimum atomic E-state index is 0.292. The van der Waals surface area contributed by atoms with E-state index in [-0.39, 0.29) is 0 Å². The molecule has 16 heavy (non-hydrogen) atoms. The van der Waals surface area contributed by atoms with E-state index >= 15 is 0 Å². The Balaban J connectivity index is 2.32. The number of hydrogen-bond donors (Lipinski definition) is 0. The Kier molecular flexibility index (Phi) is 2.18. The number of aldehydes is 1.